The normalized spacial score (nSPS) is 10.7. The van der Waals surface area contributed by atoms with Crippen molar-refractivity contribution in [3.8, 4) is 11.5 Å². The molecule has 2 N–H and O–H groups in total. The molecular formula is C14H16N8. The van der Waals surface area contributed by atoms with Crippen LogP contribution in [0.1, 0.15) is 22.8 Å². The van der Waals surface area contributed by atoms with Gasteiger partial charge in [0.2, 0.25) is 11.8 Å². The third-order valence-electron chi connectivity index (χ3n) is 3.37. The summed E-state index contributed by atoms with van der Waals surface area (Å²) in [5, 5.41) is 10.1. The maximum atomic E-state index is 4.41. The topological polar surface area (TPSA) is 105 Å². The van der Waals surface area contributed by atoms with Gasteiger partial charge in [-0.3, -0.25) is 10.1 Å². The van der Waals surface area contributed by atoms with E-state index >= 15 is 0 Å². The Balaban J connectivity index is 1.71. The van der Waals surface area contributed by atoms with Gasteiger partial charge < -0.3 is 5.32 Å². The maximum absolute atomic E-state index is 4.41. The zero-order chi connectivity index (χ0) is 15.5. The van der Waals surface area contributed by atoms with Crippen molar-refractivity contribution in [1.29, 1.82) is 0 Å². The molecule has 3 aromatic heterocycles. The number of nitrogens with one attached hydrogen (secondary N) is 2. The van der Waals surface area contributed by atoms with Gasteiger partial charge in [-0.15, -0.1) is 0 Å². The summed E-state index contributed by atoms with van der Waals surface area (Å²) in [5.74, 6) is 1.78. The Morgan fingerprint density at radius 1 is 1.05 bits per heavy atom. The maximum Gasteiger partial charge on any atom is 0.223 e. The summed E-state index contributed by atoms with van der Waals surface area (Å²) in [6, 6.07) is 0. The Labute approximate surface area is 127 Å². The van der Waals surface area contributed by atoms with E-state index in [4.69, 9.17) is 0 Å². The first-order valence-corrected chi connectivity index (χ1v) is 6.87. The van der Waals surface area contributed by atoms with Crippen LogP contribution in [-0.2, 0) is 6.54 Å². The van der Waals surface area contributed by atoms with Crippen LogP contribution in [0.3, 0.4) is 0 Å². The highest BCUT2D eigenvalue weighted by Gasteiger charge is 2.08. The summed E-state index contributed by atoms with van der Waals surface area (Å²) < 4.78 is 0. The highest BCUT2D eigenvalue weighted by Crippen LogP contribution is 2.12. The van der Waals surface area contributed by atoms with E-state index in [9.17, 15) is 0 Å². The lowest BCUT2D eigenvalue weighted by molar-refractivity contribution is 0.919. The Morgan fingerprint density at radius 3 is 2.50 bits per heavy atom. The minimum Gasteiger partial charge on any atom is -0.347 e. The molecule has 0 aromatic carbocycles. The fourth-order valence-electron chi connectivity index (χ4n) is 1.92. The largest absolute Gasteiger partial charge is 0.347 e. The van der Waals surface area contributed by atoms with Gasteiger partial charge >= 0.3 is 0 Å². The first-order chi connectivity index (χ1) is 10.6. The molecule has 0 radical (unpaired) electrons. The summed E-state index contributed by atoms with van der Waals surface area (Å²) in [6.45, 7) is 6.40. The smallest absolute Gasteiger partial charge is 0.223 e. The van der Waals surface area contributed by atoms with E-state index in [-0.39, 0.29) is 0 Å². The third kappa shape index (κ3) is 2.90. The van der Waals surface area contributed by atoms with Crippen molar-refractivity contribution < 1.29 is 0 Å². The van der Waals surface area contributed by atoms with Crippen LogP contribution in [0.25, 0.3) is 11.5 Å². The summed E-state index contributed by atoms with van der Waals surface area (Å²) in [7, 11) is 0. The summed E-state index contributed by atoms with van der Waals surface area (Å²) in [5.41, 5.74) is 3.67. The molecule has 0 aliphatic heterocycles. The molecular weight excluding hydrogens is 280 g/mol. The van der Waals surface area contributed by atoms with Crippen molar-refractivity contribution in [2.24, 2.45) is 0 Å². The van der Waals surface area contributed by atoms with Crippen molar-refractivity contribution in [3.05, 3.63) is 41.4 Å². The quantitative estimate of drug-likeness (QED) is 0.753. The Bertz CT molecular complexity index is 758. The van der Waals surface area contributed by atoms with Crippen LogP contribution >= 0.6 is 0 Å². The van der Waals surface area contributed by atoms with E-state index < -0.39 is 0 Å². The molecule has 0 unspecified atom stereocenters. The van der Waals surface area contributed by atoms with Gasteiger partial charge in [-0.25, -0.2) is 19.9 Å². The van der Waals surface area contributed by atoms with Crippen molar-refractivity contribution in [2.75, 3.05) is 5.32 Å². The lowest BCUT2D eigenvalue weighted by Crippen LogP contribution is -2.08. The van der Waals surface area contributed by atoms with E-state index in [1.165, 1.54) is 0 Å². The van der Waals surface area contributed by atoms with Gasteiger partial charge in [0.1, 0.15) is 11.5 Å². The fourth-order valence-corrected chi connectivity index (χ4v) is 1.92. The number of hydrogen-bond donors (Lipinski definition) is 2. The summed E-state index contributed by atoms with van der Waals surface area (Å²) in [6.07, 6.45) is 4.84. The highest BCUT2D eigenvalue weighted by molar-refractivity contribution is 5.46. The molecule has 0 bridgehead atoms. The van der Waals surface area contributed by atoms with Gasteiger partial charge in [0, 0.05) is 23.8 Å². The number of nitrogens with zero attached hydrogens (tertiary/aromatic N) is 6. The van der Waals surface area contributed by atoms with Gasteiger partial charge in [0.25, 0.3) is 0 Å². The number of aromatic amines is 1. The van der Waals surface area contributed by atoms with Gasteiger partial charge in [0.15, 0.2) is 0 Å². The molecule has 22 heavy (non-hydrogen) atoms. The van der Waals surface area contributed by atoms with Crippen molar-refractivity contribution >= 4 is 5.95 Å². The minimum absolute atomic E-state index is 0.454. The van der Waals surface area contributed by atoms with E-state index in [1.54, 1.807) is 18.6 Å². The van der Waals surface area contributed by atoms with Gasteiger partial charge in [-0.1, -0.05) is 0 Å². The van der Waals surface area contributed by atoms with Crippen LogP contribution in [0.15, 0.2) is 18.6 Å². The molecule has 0 fully saturated rings. The number of H-pyrrole nitrogens is 1. The van der Waals surface area contributed by atoms with Crippen molar-refractivity contribution in [3.63, 3.8) is 0 Å². The van der Waals surface area contributed by atoms with E-state index in [2.05, 4.69) is 40.4 Å². The second-order valence-corrected chi connectivity index (χ2v) is 4.89. The molecule has 0 atom stereocenters. The van der Waals surface area contributed by atoms with Gasteiger partial charge in [-0.05, 0) is 26.3 Å². The molecule has 0 aliphatic carbocycles. The minimum atomic E-state index is 0.454. The summed E-state index contributed by atoms with van der Waals surface area (Å²) in [4.78, 5) is 21.3. The Kier molecular flexibility index (Phi) is 3.73. The molecule has 3 heterocycles. The zero-order valence-corrected chi connectivity index (χ0v) is 12.6. The molecule has 3 aromatic rings. The van der Waals surface area contributed by atoms with Crippen LogP contribution < -0.4 is 5.32 Å². The molecule has 0 amide bonds. The van der Waals surface area contributed by atoms with Crippen LogP contribution in [0.2, 0.25) is 0 Å². The van der Waals surface area contributed by atoms with E-state index in [0.717, 1.165) is 17.0 Å². The van der Waals surface area contributed by atoms with Crippen LogP contribution in [0.5, 0.6) is 0 Å². The second kappa shape index (κ2) is 5.84. The van der Waals surface area contributed by atoms with Crippen molar-refractivity contribution in [1.82, 2.24) is 35.1 Å². The molecule has 8 heteroatoms. The molecule has 112 valence electrons. The molecule has 0 spiro atoms. The number of anilines is 1. The molecule has 0 saturated carbocycles. The first-order valence-electron chi connectivity index (χ1n) is 6.87. The average molecular weight is 296 g/mol. The Hall–Kier alpha value is -2.90. The first kappa shape index (κ1) is 14.1. The lowest BCUT2D eigenvalue weighted by atomic mass is 10.2. The second-order valence-electron chi connectivity index (χ2n) is 4.89. The van der Waals surface area contributed by atoms with E-state index in [1.807, 2.05) is 20.8 Å². The lowest BCUT2D eigenvalue weighted by Gasteiger charge is -2.07. The van der Waals surface area contributed by atoms with Crippen LogP contribution in [0.4, 0.5) is 5.95 Å². The fraction of sp³-hybridized carbons (Fsp3) is 0.286. The average Bonchev–Trinajstić information content (AvgIpc) is 3.00. The van der Waals surface area contributed by atoms with Gasteiger partial charge in [-0.2, -0.15) is 5.10 Å². The molecule has 0 saturated heterocycles. The number of aryl methyl sites for hydroxylation is 2. The SMILES string of the molecule is Cc1nc(NCc2nc(-c3cnccn3)n[nH]2)nc(C)c1C. The number of aromatic nitrogens is 7. The van der Waals surface area contributed by atoms with Crippen LogP contribution in [0, 0.1) is 20.8 Å². The van der Waals surface area contributed by atoms with Crippen molar-refractivity contribution in [2.45, 2.75) is 27.3 Å². The molecule has 8 nitrogen and oxygen atoms in total. The third-order valence-corrected chi connectivity index (χ3v) is 3.37. The van der Waals surface area contributed by atoms with Gasteiger partial charge in [0.05, 0.1) is 12.7 Å². The summed E-state index contributed by atoms with van der Waals surface area (Å²) >= 11 is 0. The highest BCUT2D eigenvalue weighted by atomic mass is 15.2. The molecule has 0 aliphatic rings. The predicted molar refractivity (Wildman–Crippen MR) is 81.0 cm³/mol. The Morgan fingerprint density at radius 2 is 1.82 bits per heavy atom. The number of hydrogen-bond acceptors (Lipinski definition) is 7. The van der Waals surface area contributed by atoms with Crippen LogP contribution in [-0.4, -0.2) is 35.1 Å². The molecule has 3 rings (SSSR count). The standard InChI is InChI=1S/C14H16N8/c1-8-9(2)18-14(19-10(8)3)17-7-12-20-13(22-21-12)11-6-15-4-5-16-11/h4-6H,7H2,1-3H3,(H,17,18,19)(H,20,21,22). The zero-order valence-electron chi connectivity index (χ0n) is 12.6. The van der Waals surface area contributed by atoms with E-state index in [0.29, 0.717) is 29.8 Å². The number of rotatable bonds is 4. The predicted octanol–water partition coefficient (Wildman–Crippen LogP) is 1.59. The monoisotopic (exact) mass is 296 g/mol.